The summed E-state index contributed by atoms with van der Waals surface area (Å²) in [5, 5.41) is 6.79. The lowest BCUT2D eigenvalue weighted by molar-refractivity contribution is -0.123. The Hall–Kier alpha value is -4.38. The van der Waals surface area contributed by atoms with Gasteiger partial charge in [-0.2, -0.15) is 5.10 Å². The van der Waals surface area contributed by atoms with E-state index in [2.05, 4.69) is 15.8 Å². The Morgan fingerprint density at radius 1 is 0.923 bits per heavy atom. The molecule has 3 aromatic rings. The van der Waals surface area contributed by atoms with Crippen LogP contribution in [0.2, 0.25) is 0 Å². The minimum absolute atomic E-state index is 0.133. The second-order valence-electron chi connectivity index (χ2n) is 8.55. The van der Waals surface area contributed by atoms with E-state index in [-0.39, 0.29) is 18.6 Å². The monoisotopic (exact) mass is 552 g/mol. The number of hydrazone groups is 1. The van der Waals surface area contributed by atoms with Crippen molar-refractivity contribution in [1.29, 1.82) is 0 Å². The highest BCUT2D eigenvalue weighted by Gasteiger charge is 2.20. The zero-order valence-electron chi connectivity index (χ0n) is 22.0. The second-order valence-corrected chi connectivity index (χ2v) is 10.5. The summed E-state index contributed by atoms with van der Waals surface area (Å²) in [5.41, 5.74) is 4.33. The van der Waals surface area contributed by atoms with Crippen molar-refractivity contribution >= 4 is 33.7 Å². The van der Waals surface area contributed by atoms with Crippen molar-refractivity contribution in [3.05, 3.63) is 90.0 Å². The molecule has 0 spiro atoms. The number of anilines is 1. The normalized spacial score (nSPS) is 12.0. The number of rotatable bonds is 13. The van der Waals surface area contributed by atoms with Gasteiger partial charge in [-0.15, -0.1) is 0 Å². The predicted molar refractivity (Wildman–Crippen MR) is 150 cm³/mol. The van der Waals surface area contributed by atoms with Gasteiger partial charge in [0.15, 0.2) is 6.61 Å². The maximum Gasteiger partial charge on any atom is 0.260 e. The Morgan fingerprint density at radius 2 is 1.54 bits per heavy atom. The van der Waals surface area contributed by atoms with Gasteiger partial charge in [-0.1, -0.05) is 30.3 Å². The first-order valence-corrected chi connectivity index (χ1v) is 14.1. The number of carbonyl (C=O) groups excluding carboxylic acids is 2. The molecule has 3 rings (SSSR count). The zero-order chi connectivity index (χ0) is 28.3. The topological polar surface area (TPSA) is 126 Å². The SMILES string of the molecule is CCOc1ccc(N(CC(=O)N/N=C\c2ccc(OCC(=O)N[C@H](C)c3ccccc3)cc2)S(C)(=O)=O)cc1. The lowest BCUT2D eigenvalue weighted by Gasteiger charge is -2.21. The van der Waals surface area contributed by atoms with Crippen LogP contribution in [0, 0.1) is 0 Å². The molecule has 3 aromatic carbocycles. The van der Waals surface area contributed by atoms with E-state index in [1.807, 2.05) is 44.2 Å². The number of benzene rings is 3. The maximum absolute atomic E-state index is 12.4. The number of nitrogens with zero attached hydrogens (tertiary/aromatic N) is 2. The molecule has 39 heavy (non-hydrogen) atoms. The molecule has 11 heteroatoms. The average molecular weight is 553 g/mol. The van der Waals surface area contributed by atoms with Crippen LogP contribution in [0.15, 0.2) is 84.0 Å². The van der Waals surface area contributed by atoms with Crippen LogP contribution < -0.4 is 24.5 Å². The van der Waals surface area contributed by atoms with Crippen LogP contribution in [-0.2, 0) is 19.6 Å². The first-order chi connectivity index (χ1) is 18.7. The third kappa shape index (κ3) is 9.46. The standard InChI is InChI=1S/C28H32N4O6S/c1-4-37-25-16-12-24(13-17-25)32(39(3,35)36)19-27(33)31-29-18-22-10-14-26(15-11-22)38-20-28(34)30-21(2)23-8-6-5-7-9-23/h5-18,21H,4,19-20H2,1-3H3,(H,30,34)(H,31,33)/b29-18-/t21-/m1/s1. The molecular formula is C28H32N4O6S. The van der Waals surface area contributed by atoms with Crippen molar-refractivity contribution in [2.45, 2.75) is 19.9 Å². The molecule has 0 aliphatic heterocycles. The van der Waals surface area contributed by atoms with Gasteiger partial charge in [-0.3, -0.25) is 13.9 Å². The molecule has 0 fully saturated rings. The summed E-state index contributed by atoms with van der Waals surface area (Å²) in [5.74, 6) is 0.244. The summed E-state index contributed by atoms with van der Waals surface area (Å²) in [6.45, 7) is 3.66. The van der Waals surface area contributed by atoms with Gasteiger partial charge in [0.1, 0.15) is 18.0 Å². The Bertz CT molecular complexity index is 1360. The first kappa shape index (κ1) is 29.2. The molecule has 2 amide bonds. The van der Waals surface area contributed by atoms with Crippen LogP contribution >= 0.6 is 0 Å². The Kier molecular flexibility index (Phi) is 10.4. The van der Waals surface area contributed by atoms with Gasteiger partial charge in [0.05, 0.1) is 30.8 Å². The van der Waals surface area contributed by atoms with Crippen molar-refractivity contribution in [1.82, 2.24) is 10.7 Å². The summed E-state index contributed by atoms with van der Waals surface area (Å²) < 4.78 is 36.4. The van der Waals surface area contributed by atoms with E-state index in [1.54, 1.807) is 48.5 Å². The number of sulfonamides is 1. The van der Waals surface area contributed by atoms with E-state index in [0.29, 0.717) is 29.4 Å². The molecule has 1 atom stereocenters. The molecule has 0 aromatic heterocycles. The Balaban J connectivity index is 1.48. The molecule has 0 aliphatic carbocycles. The molecule has 10 nitrogen and oxygen atoms in total. The fraction of sp³-hybridized carbons (Fsp3) is 0.250. The van der Waals surface area contributed by atoms with Crippen LogP contribution in [-0.4, -0.2) is 52.5 Å². The van der Waals surface area contributed by atoms with Gasteiger partial charge in [0.25, 0.3) is 11.8 Å². The van der Waals surface area contributed by atoms with Crippen molar-refractivity contribution < 1.29 is 27.5 Å². The van der Waals surface area contributed by atoms with Crippen molar-refractivity contribution in [2.24, 2.45) is 5.10 Å². The number of amides is 2. The van der Waals surface area contributed by atoms with Gasteiger partial charge in [0.2, 0.25) is 10.0 Å². The highest BCUT2D eigenvalue weighted by atomic mass is 32.2. The Morgan fingerprint density at radius 3 is 2.15 bits per heavy atom. The van der Waals surface area contributed by atoms with Gasteiger partial charge in [0, 0.05) is 0 Å². The van der Waals surface area contributed by atoms with Gasteiger partial charge in [-0.05, 0) is 73.5 Å². The molecule has 206 valence electrons. The highest BCUT2D eigenvalue weighted by molar-refractivity contribution is 7.92. The quantitative estimate of drug-likeness (QED) is 0.248. The third-order valence-electron chi connectivity index (χ3n) is 5.45. The number of hydrogen-bond donors (Lipinski definition) is 2. The highest BCUT2D eigenvalue weighted by Crippen LogP contribution is 2.21. The van der Waals surface area contributed by atoms with Crippen molar-refractivity contribution in [3.8, 4) is 11.5 Å². The predicted octanol–water partition coefficient (Wildman–Crippen LogP) is 3.26. The van der Waals surface area contributed by atoms with Gasteiger partial charge >= 0.3 is 0 Å². The molecule has 0 saturated heterocycles. The lowest BCUT2D eigenvalue weighted by atomic mass is 10.1. The van der Waals surface area contributed by atoms with E-state index in [9.17, 15) is 18.0 Å². The molecule has 0 radical (unpaired) electrons. The molecule has 0 aliphatic rings. The van der Waals surface area contributed by atoms with E-state index in [4.69, 9.17) is 9.47 Å². The molecule has 0 bridgehead atoms. The largest absolute Gasteiger partial charge is 0.494 e. The number of hydrogen-bond acceptors (Lipinski definition) is 7. The number of carbonyl (C=O) groups is 2. The zero-order valence-corrected chi connectivity index (χ0v) is 22.9. The van der Waals surface area contributed by atoms with Crippen LogP contribution in [0.1, 0.15) is 31.0 Å². The average Bonchev–Trinajstić information content (AvgIpc) is 2.92. The van der Waals surface area contributed by atoms with Crippen LogP contribution in [0.25, 0.3) is 0 Å². The smallest absolute Gasteiger partial charge is 0.260 e. The molecule has 2 N–H and O–H groups in total. The van der Waals surface area contributed by atoms with E-state index in [1.165, 1.54) is 6.21 Å². The third-order valence-corrected chi connectivity index (χ3v) is 6.59. The molecule has 0 saturated carbocycles. The van der Waals surface area contributed by atoms with Crippen LogP contribution in [0.3, 0.4) is 0 Å². The maximum atomic E-state index is 12.4. The summed E-state index contributed by atoms with van der Waals surface area (Å²) in [6, 6.07) is 22.7. The summed E-state index contributed by atoms with van der Waals surface area (Å²) in [6.07, 6.45) is 2.44. The fourth-order valence-electron chi connectivity index (χ4n) is 3.53. The summed E-state index contributed by atoms with van der Waals surface area (Å²) in [4.78, 5) is 24.6. The fourth-order valence-corrected chi connectivity index (χ4v) is 4.38. The Labute approximate surface area is 228 Å². The molecule has 0 unspecified atom stereocenters. The molecule has 0 heterocycles. The minimum atomic E-state index is -3.72. The second kappa shape index (κ2) is 14.0. The first-order valence-electron chi connectivity index (χ1n) is 12.3. The van der Waals surface area contributed by atoms with E-state index in [0.717, 1.165) is 16.1 Å². The minimum Gasteiger partial charge on any atom is -0.494 e. The van der Waals surface area contributed by atoms with Gasteiger partial charge < -0.3 is 14.8 Å². The summed E-state index contributed by atoms with van der Waals surface area (Å²) in [7, 11) is -3.72. The van der Waals surface area contributed by atoms with Crippen molar-refractivity contribution in [2.75, 3.05) is 30.3 Å². The van der Waals surface area contributed by atoms with E-state index >= 15 is 0 Å². The number of ether oxygens (including phenoxy) is 2. The van der Waals surface area contributed by atoms with Crippen molar-refractivity contribution in [3.63, 3.8) is 0 Å². The lowest BCUT2D eigenvalue weighted by Crippen LogP contribution is -2.39. The van der Waals surface area contributed by atoms with Gasteiger partial charge in [-0.25, -0.2) is 13.8 Å². The van der Waals surface area contributed by atoms with Crippen LogP contribution in [0.5, 0.6) is 11.5 Å². The van der Waals surface area contributed by atoms with E-state index < -0.39 is 22.5 Å². The van der Waals surface area contributed by atoms with Crippen LogP contribution in [0.4, 0.5) is 5.69 Å². The number of nitrogens with one attached hydrogen (secondary N) is 2. The molecular weight excluding hydrogens is 520 g/mol. The summed E-state index contributed by atoms with van der Waals surface area (Å²) >= 11 is 0.